The molecule has 1 aromatic carbocycles. The zero-order chi connectivity index (χ0) is 16.1. The molecule has 23 heavy (non-hydrogen) atoms. The Kier molecular flexibility index (Phi) is 5.43. The normalized spacial score (nSPS) is 17.0. The first-order valence-electron chi connectivity index (χ1n) is 7.64. The van der Waals surface area contributed by atoms with Gasteiger partial charge in [-0.2, -0.15) is 0 Å². The van der Waals surface area contributed by atoms with E-state index < -0.39 is 0 Å². The van der Waals surface area contributed by atoms with Gasteiger partial charge in [0, 0.05) is 32.0 Å². The third-order valence-electron chi connectivity index (χ3n) is 3.98. The fourth-order valence-corrected chi connectivity index (χ4v) is 2.97. The van der Waals surface area contributed by atoms with Gasteiger partial charge in [0.05, 0.1) is 30.0 Å². The highest BCUT2D eigenvalue weighted by molar-refractivity contribution is 6.33. The lowest BCUT2D eigenvalue weighted by Gasteiger charge is -2.35. The highest BCUT2D eigenvalue weighted by Crippen LogP contribution is 2.25. The third kappa shape index (κ3) is 4.19. The van der Waals surface area contributed by atoms with Gasteiger partial charge < -0.3 is 10.1 Å². The number of hydrogen-bond donors (Lipinski definition) is 1. The molecule has 3 rings (SSSR count). The maximum Gasteiger partial charge on any atom is 0.123 e. The first kappa shape index (κ1) is 16.2. The van der Waals surface area contributed by atoms with Crippen molar-refractivity contribution in [3.63, 3.8) is 0 Å². The number of benzene rings is 1. The highest BCUT2D eigenvalue weighted by Gasteiger charge is 2.23. The number of morpholine rings is 1. The Morgan fingerprint density at radius 3 is 2.87 bits per heavy atom. The van der Waals surface area contributed by atoms with E-state index in [-0.39, 0.29) is 11.9 Å². The maximum absolute atomic E-state index is 13.6. The molecule has 0 radical (unpaired) electrons. The Labute approximate surface area is 140 Å². The second kappa shape index (κ2) is 7.73. The number of pyridine rings is 1. The van der Waals surface area contributed by atoms with E-state index in [1.165, 1.54) is 6.07 Å². The van der Waals surface area contributed by atoms with E-state index in [4.69, 9.17) is 16.3 Å². The summed E-state index contributed by atoms with van der Waals surface area (Å²) in [5.41, 5.74) is 1.78. The molecule has 1 aromatic heterocycles. The maximum atomic E-state index is 13.6. The summed E-state index contributed by atoms with van der Waals surface area (Å²) >= 11 is 6.15. The Morgan fingerprint density at radius 1 is 1.30 bits per heavy atom. The molecule has 0 saturated carbocycles. The molecule has 1 aliphatic rings. The Morgan fingerprint density at radius 2 is 2.13 bits per heavy atom. The summed E-state index contributed by atoms with van der Waals surface area (Å²) in [7, 11) is 0. The van der Waals surface area contributed by atoms with Crippen molar-refractivity contribution >= 4 is 17.3 Å². The molecular weight excluding hydrogens is 317 g/mol. The van der Waals surface area contributed by atoms with Gasteiger partial charge in [-0.1, -0.05) is 23.7 Å². The molecule has 6 heteroatoms. The summed E-state index contributed by atoms with van der Waals surface area (Å²) in [6.45, 7) is 3.68. The summed E-state index contributed by atoms with van der Waals surface area (Å²) in [5, 5.41) is 3.93. The number of aromatic nitrogens is 1. The minimum absolute atomic E-state index is 0.0545. The van der Waals surface area contributed by atoms with Crippen molar-refractivity contribution < 1.29 is 9.13 Å². The second-order valence-corrected chi connectivity index (χ2v) is 5.86. The van der Waals surface area contributed by atoms with Crippen molar-refractivity contribution in [2.75, 3.05) is 38.2 Å². The van der Waals surface area contributed by atoms with Crippen LogP contribution in [-0.2, 0) is 4.74 Å². The van der Waals surface area contributed by atoms with Crippen LogP contribution in [0.25, 0.3) is 0 Å². The summed E-state index contributed by atoms with van der Waals surface area (Å²) in [5.74, 6) is -0.220. The lowest BCUT2D eigenvalue weighted by Crippen LogP contribution is -2.41. The van der Waals surface area contributed by atoms with Gasteiger partial charge in [0.2, 0.25) is 0 Å². The van der Waals surface area contributed by atoms with Gasteiger partial charge in [-0.05, 0) is 23.8 Å². The van der Waals surface area contributed by atoms with E-state index in [1.807, 2.05) is 12.1 Å². The summed E-state index contributed by atoms with van der Waals surface area (Å²) in [6.07, 6.45) is 3.30. The van der Waals surface area contributed by atoms with E-state index in [1.54, 1.807) is 24.5 Å². The van der Waals surface area contributed by atoms with Crippen LogP contribution in [0.5, 0.6) is 0 Å². The molecule has 1 atom stereocenters. The smallest absolute Gasteiger partial charge is 0.123 e. The molecule has 0 spiro atoms. The fourth-order valence-electron chi connectivity index (χ4n) is 2.79. The van der Waals surface area contributed by atoms with E-state index >= 15 is 0 Å². The second-order valence-electron chi connectivity index (χ2n) is 5.46. The molecule has 1 saturated heterocycles. The molecule has 1 aliphatic heterocycles. The average Bonchev–Trinajstić information content (AvgIpc) is 2.58. The first-order valence-corrected chi connectivity index (χ1v) is 8.02. The predicted octanol–water partition coefficient (Wildman–Crippen LogP) is 3.36. The van der Waals surface area contributed by atoms with Crippen LogP contribution in [0.15, 0.2) is 42.7 Å². The van der Waals surface area contributed by atoms with Crippen molar-refractivity contribution in [1.82, 2.24) is 9.88 Å². The minimum atomic E-state index is -0.220. The summed E-state index contributed by atoms with van der Waals surface area (Å²) in [4.78, 5) is 6.29. The summed E-state index contributed by atoms with van der Waals surface area (Å²) < 4.78 is 19.1. The molecule has 2 aromatic rings. The SMILES string of the molecule is Fc1cccc(C(CNc2ccncc2Cl)N2CCOCC2)c1. The topological polar surface area (TPSA) is 37.4 Å². The molecule has 2 heterocycles. The van der Waals surface area contributed by atoms with Crippen LogP contribution in [-0.4, -0.2) is 42.7 Å². The van der Waals surface area contributed by atoms with E-state index in [2.05, 4.69) is 15.2 Å². The molecule has 4 nitrogen and oxygen atoms in total. The van der Waals surface area contributed by atoms with Crippen LogP contribution >= 0.6 is 11.6 Å². The van der Waals surface area contributed by atoms with Gasteiger partial charge in [0.15, 0.2) is 0 Å². The zero-order valence-electron chi connectivity index (χ0n) is 12.7. The average molecular weight is 336 g/mol. The van der Waals surface area contributed by atoms with Crippen molar-refractivity contribution in [3.05, 3.63) is 59.1 Å². The molecule has 1 unspecified atom stereocenters. The summed E-state index contributed by atoms with van der Waals surface area (Å²) in [6, 6.07) is 8.66. The van der Waals surface area contributed by atoms with Crippen molar-refractivity contribution in [1.29, 1.82) is 0 Å². The van der Waals surface area contributed by atoms with Gasteiger partial charge in [0.25, 0.3) is 0 Å². The van der Waals surface area contributed by atoms with E-state index in [9.17, 15) is 4.39 Å². The third-order valence-corrected chi connectivity index (χ3v) is 4.28. The fraction of sp³-hybridized carbons (Fsp3) is 0.353. The highest BCUT2D eigenvalue weighted by atomic mass is 35.5. The Balaban J connectivity index is 1.78. The van der Waals surface area contributed by atoms with Crippen LogP contribution in [0, 0.1) is 5.82 Å². The standard InChI is InChI=1S/C17H19ClFN3O/c18-15-11-20-5-4-16(15)21-12-17(22-6-8-23-9-7-22)13-2-1-3-14(19)10-13/h1-5,10-11,17H,6-9,12H2,(H,20,21). The monoisotopic (exact) mass is 335 g/mol. The first-order chi connectivity index (χ1) is 11.2. The number of nitrogens with zero attached hydrogens (tertiary/aromatic N) is 2. The molecule has 1 N–H and O–H groups in total. The van der Waals surface area contributed by atoms with Crippen LogP contribution in [0.1, 0.15) is 11.6 Å². The van der Waals surface area contributed by atoms with Crippen LogP contribution in [0.4, 0.5) is 10.1 Å². The number of ether oxygens (including phenoxy) is 1. The van der Waals surface area contributed by atoms with Gasteiger partial charge in [-0.3, -0.25) is 9.88 Å². The van der Waals surface area contributed by atoms with Crippen LogP contribution < -0.4 is 5.32 Å². The molecule has 122 valence electrons. The number of nitrogens with one attached hydrogen (secondary N) is 1. The largest absolute Gasteiger partial charge is 0.382 e. The number of hydrogen-bond acceptors (Lipinski definition) is 4. The Hall–Kier alpha value is -1.69. The van der Waals surface area contributed by atoms with Gasteiger partial charge in [-0.15, -0.1) is 0 Å². The van der Waals surface area contributed by atoms with E-state index in [0.717, 1.165) is 24.3 Å². The lowest BCUT2D eigenvalue weighted by atomic mass is 10.0. The van der Waals surface area contributed by atoms with Crippen LogP contribution in [0.2, 0.25) is 5.02 Å². The van der Waals surface area contributed by atoms with Crippen molar-refractivity contribution in [3.8, 4) is 0 Å². The van der Waals surface area contributed by atoms with E-state index in [0.29, 0.717) is 24.8 Å². The number of anilines is 1. The van der Waals surface area contributed by atoms with Crippen molar-refractivity contribution in [2.45, 2.75) is 6.04 Å². The zero-order valence-corrected chi connectivity index (χ0v) is 13.5. The van der Waals surface area contributed by atoms with Crippen LogP contribution in [0.3, 0.4) is 0 Å². The lowest BCUT2D eigenvalue weighted by molar-refractivity contribution is 0.0186. The molecular formula is C17H19ClFN3O. The molecule has 0 bridgehead atoms. The van der Waals surface area contributed by atoms with Crippen molar-refractivity contribution in [2.24, 2.45) is 0 Å². The molecule has 1 fully saturated rings. The quantitative estimate of drug-likeness (QED) is 0.909. The number of halogens is 2. The van der Waals surface area contributed by atoms with Gasteiger partial charge in [0.1, 0.15) is 5.82 Å². The Bertz CT molecular complexity index is 649. The predicted molar refractivity (Wildman–Crippen MR) is 89.3 cm³/mol. The minimum Gasteiger partial charge on any atom is -0.382 e. The molecule has 0 amide bonds. The van der Waals surface area contributed by atoms with Gasteiger partial charge in [-0.25, -0.2) is 4.39 Å². The van der Waals surface area contributed by atoms with Gasteiger partial charge >= 0.3 is 0 Å². The molecule has 0 aliphatic carbocycles. The number of rotatable bonds is 5.